The normalized spacial score (nSPS) is 11.7. The lowest BCUT2D eigenvalue weighted by Gasteiger charge is -2.24. The van der Waals surface area contributed by atoms with Crippen LogP contribution in [0.3, 0.4) is 0 Å². The summed E-state index contributed by atoms with van der Waals surface area (Å²) in [5.74, 6) is -0.0927. The van der Waals surface area contributed by atoms with Crippen molar-refractivity contribution < 1.29 is 9.90 Å². The van der Waals surface area contributed by atoms with Crippen molar-refractivity contribution in [3.63, 3.8) is 0 Å². The van der Waals surface area contributed by atoms with Crippen LogP contribution >= 0.6 is 23.1 Å². The number of thiophene rings is 1. The van der Waals surface area contributed by atoms with Crippen LogP contribution in [0.2, 0.25) is 0 Å². The summed E-state index contributed by atoms with van der Waals surface area (Å²) in [6.07, 6.45) is 0. The van der Waals surface area contributed by atoms with E-state index in [4.69, 9.17) is 5.11 Å². The van der Waals surface area contributed by atoms with Gasteiger partial charge in [-0.3, -0.25) is 9.36 Å². The Bertz CT molecular complexity index is 570. The van der Waals surface area contributed by atoms with E-state index in [1.807, 2.05) is 21.4 Å². The van der Waals surface area contributed by atoms with Crippen LogP contribution in [0.1, 0.15) is 20.8 Å². The maximum atomic E-state index is 10.7. The third-order valence-corrected chi connectivity index (χ3v) is 4.01. The van der Waals surface area contributed by atoms with Gasteiger partial charge in [0.25, 0.3) is 0 Å². The first-order valence-corrected chi connectivity index (χ1v) is 7.65. The molecule has 2 aromatic heterocycles. The zero-order valence-corrected chi connectivity index (χ0v) is 12.6. The molecular formula is C12H15N3O2S2. The molecule has 2 rings (SSSR count). The monoisotopic (exact) mass is 297 g/mol. The number of carbonyl (C=O) groups is 1. The number of carboxylic acids is 1. The van der Waals surface area contributed by atoms with E-state index >= 15 is 0 Å². The summed E-state index contributed by atoms with van der Waals surface area (Å²) in [6.45, 7) is 6.16. The lowest BCUT2D eigenvalue weighted by molar-refractivity contribution is -0.133. The Balaban J connectivity index is 2.43. The van der Waals surface area contributed by atoms with Crippen molar-refractivity contribution in [2.45, 2.75) is 31.5 Å². The van der Waals surface area contributed by atoms with E-state index in [9.17, 15) is 4.79 Å². The number of nitrogens with zero attached hydrogens (tertiary/aromatic N) is 3. The Hall–Kier alpha value is -1.34. The van der Waals surface area contributed by atoms with Crippen LogP contribution < -0.4 is 0 Å². The number of thioether (sulfide) groups is 1. The fourth-order valence-corrected chi connectivity index (χ4v) is 3.15. The van der Waals surface area contributed by atoms with Gasteiger partial charge in [0.15, 0.2) is 11.0 Å². The van der Waals surface area contributed by atoms with Gasteiger partial charge in [-0.1, -0.05) is 11.8 Å². The molecule has 19 heavy (non-hydrogen) atoms. The second kappa shape index (κ2) is 5.34. The van der Waals surface area contributed by atoms with Crippen molar-refractivity contribution in [3.8, 4) is 11.4 Å². The van der Waals surface area contributed by atoms with Crippen LogP contribution in [0.25, 0.3) is 11.4 Å². The molecule has 102 valence electrons. The molecule has 0 aliphatic heterocycles. The van der Waals surface area contributed by atoms with Crippen molar-refractivity contribution in [2.24, 2.45) is 0 Å². The van der Waals surface area contributed by atoms with E-state index < -0.39 is 5.97 Å². The molecule has 1 N–H and O–H groups in total. The predicted molar refractivity (Wildman–Crippen MR) is 76.7 cm³/mol. The largest absolute Gasteiger partial charge is 0.481 e. The molecule has 0 aliphatic carbocycles. The third-order valence-electron chi connectivity index (χ3n) is 2.41. The molecule has 0 radical (unpaired) electrons. The van der Waals surface area contributed by atoms with Crippen LogP contribution in [0.4, 0.5) is 0 Å². The summed E-state index contributed by atoms with van der Waals surface area (Å²) in [5.41, 5.74) is 0.802. The smallest absolute Gasteiger partial charge is 0.313 e. The number of aromatic nitrogens is 3. The van der Waals surface area contributed by atoms with Gasteiger partial charge in [0.05, 0.1) is 5.75 Å². The number of hydrogen-bond donors (Lipinski definition) is 1. The fourth-order valence-electron chi connectivity index (χ4n) is 1.67. The molecule has 0 saturated heterocycles. The minimum atomic E-state index is -0.856. The van der Waals surface area contributed by atoms with E-state index in [1.54, 1.807) is 11.3 Å². The highest BCUT2D eigenvalue weighted by molar-refractivity contribution is 7.99. The van der Waals surface area contributed by atoms with E-state index in [0.717, 1.165) is 11.4 Å². The van der Waals surface area contributed by atoms with Crippen LogP contribution in [-0.4, -0.2) is 31.6 Å². The first-order valence-electron chi connectivity index (χ1n) is 5.72. The van der Waals surface area contributed by atoms with Crippen molar-refractivity contribution in [1.82, 2.24) is 14.8 Å². The van der Waals surface area contributed by atoms with E-state index in [-0.39, 0.29) is 11.3 Å². The average Bonchev–Trinajstić information content (AvgIpc) is 2.93. The van der Waals surface area contributed by atoms with Crippen molar-refractivity contribution >= 4 is 29.1 Å². The molecule has 0 unspecified atom stereocenters. The molecule has 2 heterocycles. The summed E-state index contributed by atoms with van der Waals surface area (Å²) in [6, 6.07) is 1.99. The Morgan fingerprint density at radius 1 is 1.47 bits per heavy atom. The first-order chi connectivity index (χ1) is 8.89. The van der Waals surface area contributed by atoms with Crippen LogP contribution in [-0.2, 0) is 10.3 Å². The zero-order chi connectivity index (χ0) is 14.0. The van der Waals surface area contributed by atoms with Gasteiger partial charge in [-0.2, -0.15) is 11.3 Å². The molecule has 5 nitrogen and oxygen atoms in total. The van der Waals surface area contributed by atoms with Crippen LogP contribution in [0.15, 0.2) is 22.0 Å². The molecule has 0 amide bonds. The third kappa shape index (κ3) is 3.16. The zero-order valence-electron chi connectivity index (χ0n) is 11.0. The molecule has 0 atom stereocenters. The maximum absolute atomic E-state index is 10.7. The van der Waals surface area contributed by atoms with Gasteiger partial charge in [0, 0.05) is 16.5 Å². The molecule has 0 spiro atoms. The Morgan fingerprint density at radius 3 is 2.74 bits per heavy atom. The minimum Gasteiger partial charge on any atom is -0.481 e. The predicted octanol–water partition coefficient (Wildman–Crippen LogP) is 2.94. The van der Waals surface area contributed by atoms with Gasteiger partial charge >= 0.3 is 5.97 Å². The average molecular weight is 297 g/mol. The van der Waals surface area contributed by atoms with Gasteiger partial charge < -0.3 is 5.11 Å². The molecule has 0 saturated carbocycles. The molecule has 7 heteroatoms. The summed E-state index contributed by atoms with van der Waals surface area (Å²) in [4.78, 5) is 10.7. The number of hydrogen-bond acceptors (Lipinski definition) is 5. The Kier molecular flexibility index (Phi) is 3.96. The summed E-state index contributed by atoms with van der Waals surface area (Å²) in [7, 11) is 0. The van der Waals surface area contributed by atoms with Crippen LogP contribution in [0, 0.1) is 0 Å². The number of carboxylic acid groups (broad SMARTS) is 1. The molecule has 0 fully saturated rings. The second-order valence-electron chi connectivity index (χ2n) is 5.01. The van der Waals surface area contributed by atoms with Crippen LogP contribution in [0.5, 0.6) is 0 Å². The highest BCUT2D eigenvalue weighted by Crippen LogP contribution is 2.31. The SMILES string of the molecule is CC(C)(C)n1c(SCC(=O)O)nnc1-c1ccsc1. The maximum Gasteiger partial charge on any atom is 0.313 e. The van der Waals surface area contributed by atoms with Gasteiger partial charge in [-0.25, -0.2) is 0 Å². The summed E-state index contributed by atoms with van der Waals surface area (Å²) >= 11 is 2.79. The van der Waals surface area contributed by atoms with E-state index in [2.05, 4.69) is 31.0 Å². The topological polar surface area (TPSA) is 68.0 Å². The van der Waals surface area contributed by atoms with E-state index in [1.165, 1.54) is 11.8 Å². The minimum absolute atomic E-state index is 0.0160. The highest BCUT2D eigenvalue weighted by atomic mass is 32.2. The summed E-state index contributed by atoms with van der Waals surface area (Å²) < 4.78 is 1.99. The highest BCUT2D eigenvalue weighted by Gasteiger charge is 2.24. The summed E-state index contributed by atoms with van der Waals surface area (Å²) in [5, 5.41) is 21.8. The first kappa shape index (κ1) is 14.1. The lowest BCUT2D eigenvalue weighted by atomic mass is 10.1. The Labute approximate surface area is 119 Å². The fraction of sp³-hybridized carbons (Fsp3) is 0.417. The lowest BCUT2D eigenvalue weighted by Crippen LogP contribution is -2.24. The molecule has 0 aliphatic rings. The van der Waals surface area contributed by atoms with Crippen molar-refractivity contribution in [1.29, 1.82) is 0 Å². The quantitative estimate of drug-likeness (QED) is 0.879. The van der Waals surface area contributed by atoms with E-state index in [0.29, 0.717) is 5.16 Å². The van der Waals surface area contributed by atoms with Gasteiger partial charge in [0.2, 0.25) is 0 Å². The molecule has 2 aromatic rings. The second-order valence-corrected chi connectivity index (χ2v) is 6.73. The Morgan fingerprint density at radius 2 is 2.21 bits per heavy atom. The molecule has 0 bridgehead atoms. The van der Waals surface area contributed by atoms with Gasteiger partial charge in [0.1, 0.15) is 0 Å². The molecular weight excluding hydrogens is 282 g/mol. The van der Waals surface area contributed by atoms with Gasteiger partial charge in [-0.05, 0) is 32.2 Å². The van der Waals surface area contributed by atoms with Gasteiger partial charge in [-0.15, -0.1) is 10.2 Å². The van der Waals surface area contributed by atoms with Crippen molar-refractivity contribution in [2.75, 3.05) is 5.75 Å². The standard InChI is InChI=1S/C12H15N3O2S2/c1-12(2,3)15-10(8-4-5-18-6-8)13-14-11(15)19-7-9(16)17/h4-6H,7H2,1-3H3,(H,16,17). The van der Waals surface area contributed by atoms with Crippen molar-refractivity contribution in [3.05, 3.63) is 16.8 Å². The number of aliphatic carboxylic acids is 1. The molecule has 0 aromatic carbocycles. The number of rotatable bonds is 4.